The molecule has 1 saturated heterocycles. The molecule has 0 spiro atoms. The van der Waals surface area contributed by atoms with Gasteiger partial charge in [-0.25, -0.2) is 4.68 Å². The second-order valence-corrected chi connectivity index (χ2v) is 10.3. The number of pyridine rings is 1. The first kappa shape index (κ1) is 23.1. The molecule has 4 aromatic rings. The maximum atomic E-state index is 13.6. The molecule has 4 heterocycles. The van der Waals surface area contributed by atoms with Gasteiger partial charge in [0.05, 0.1) is 24.4 Å². The van der Waals surface area contributed by atoms with Crippen LogP contribution in [0.3, 0.4) is 0 Å². The molecule has 1 saturated carbocycles. The predicted octanol–water partition coefficient (Wildman–Crippen LogP) is 3.75. The number of benzene rings is 1. The molecule has 9 nitrogen and oxygen atoms in total. The van der Waals surface area contributed by atoms with Crippen molar-refractivity contribution in [1.29, 1.82) is 0 Å². The number of H-pyrrole nitrogens is 1. The highest BCUT2D eigenvalue weighted by atomic mass is 16.3. The molecule has 6 rings (SSSR count). The van der Waals surface area contributed by atoms with Gasteiger partial charge in [-0.1, -0.05) is 24.5 Å². The van der Waals surface area contributed by atoms with Gasteiger partial charge < -0.3 is 9.40 Å². The molecule has 0 bridgehead atoms. The van der Waals surface area contributed by atoms with Crippen LogP contribution in [0.25, 0.3) is 10.9 Å². The van der Waals surface area contributed by atoms with Gasteiger partial charge in [-0.2, -0.15) is 0 Å². The number of furan rings is 1. The van der Waals surface area contributed by atoms with E-state index in [2.05, 4.69) is 55.4 Å². The number of piperazine rings is 1. The van der Waals surface area contributed by atoms with Crippen molar-refractivity contribution in [2.24, 2.45) is 0 Å². The van der Waals surface area contributed by atoms with E-state index in [1.165, 1.54) is 18.4 Å². The van der Waals surface area contributed by atoms with Crippen molar-refractivity contribution < 1.29 is 4.42 Å². The number of fused-ring (bicyclic) bond motifs is 1. The summed E-state index contributed by atoms with van der Waals surface area (Å²) >= 11 is 0. The van der Waals surface area contributed by atoms with Gasteiger partial charge in [0.1, 0.15) is 11.8 Å². The molecule has 1 N–H and O–H groups in total. The van der Waals surface area contributed by atoms with Gasteiger partial charge in [0.25, 0.3) is 5.56 Å². The van der Waals surface area contributed by atoms with Crippen LogP contribution in [0.5, 0.6) is 0 Å². The third kappa shape index (κ3) is 4.37. The Balaban J connectivity index is 1.38. The number of nitrogens with one attached hydrogen (secondary N) is 1. The molecule has 9 heteroatoms. The lowest BCUT2D eigenvalue weighted by molar-refractivity contribution is 0.0943. The lowest BCUT2D eigenvalue weighted by Crippen LogP contribution is -2.48. The van der Waals surface area contributed by atoms with Gasteiger partial charge in [-0.3, -0.25) is 14.6 Å². The maximum absolute atomic E-state index is 13.6. The molecule has 1 unspecified atom stereocenters. The number of aromatic amines is 1. The van der Waals surface area contributed by atoms with E-state index in [4.69, 9.17) is 4.42 Å². The van der Waals surface area contributed by atoms with E-state index in [1.54, 1.807) is 6.26 Å². The zero-order valence-electron chi connectivity index (χ0n) is 21.0. The normalized spacial score (nSPS) is 18.8. The van der Waals surface area contributed by atoms with Gasteiger partial charge in [-0.05, 0) is 72.3 Å². The van der Waals surface area contributed by atoms with E-state index in [1.807, 2.05) is 23.7 Å². The lowest BCUT2D eigenvalue weighted by atomic mass is 10.00. The summed E-state index contributed by atoms with van der Waals surface area (Å²) in [4.78, 5) is 21.5. The molecule has 1 aliphatic heterocycles. The van der Waals surface area contributed by atoms with Crippen LogP contribution in [0.2, 0.25) is 0 Å². The van der Waals surface area contributed by atoms with Gasteiger partial charge >= 0.3 is 0 Å². The average molecular weight is 488 g/mol. The van der Waals surface area contributed by atoms with Crippen molar-refractivity contribution in [3.63, 3.8) is 0 Å². The Bertz CT molecular complexity index is 1390. The van der Waals surface area contributed by atoms with Crippen LogP contribution in [0.4, 0.5) is 0 Å². The Morgan fingerprint density at radius 1 is 1.11 bits per heavy atom. The number of hydrogen-bond acceptors (Lipinski definition) is 7. The minimum Gasteiger partial charge on any atom is -0.468 e. The second-order valence-electron chi connectivity index (χ2n) is 10.3. The smallest absolute Gasteiger partial charge is 0.253 e. The number of tetrazole rings is 1. The van der Waals surface area contributed by atoms with E-state index in [-0.39, 0.29) is 11.6 Å². The van der Waals surface area contributed by atoms with Crippen LogP contribution >= 0.6 is 0 Å². The van der Waals surface area contributed by atoms with Crippen LogP contribution in [0, 0.1) is 13.8 Å². The minimum atomic E-state index is -0.305. The Morgan fingerprint density at radius 3 is 2.67 bits per heavy atom. The van der Waals surface area contributed by atoms with Gasteiger partial charge in [0.2, 0.25) is 0 Å². The highest BCUT2D eigenvalue weighted by molar-refractivity contribution is 5.83. The van der Waals surface area contributed by atoms with E-state index < -0.39 is 0 Å². The van der Waals surface area contributed by atoms with Crippen LogP contribution < -0.4 is 5.56 Å². The Labute approximate surface area is 210 Å². The lowest BCUT2D eigenvalue weighted by Gasteiger charge is -2.38. The van der Waals surface area contributed by atoms with E-state index in [0.29, 0.717) is 11.6 Å². The van der Waals surface area contributed by atoms with Crippen LogP contribution in [-0.2, 0) is 6.54 Å². The fourth-order valence-corrected chi connectivity index (χ4v) is 6.00. The topological polar surface area (TPSA) is 96.1 Å². The van der Waals surface area contributed by atoms with E-state index in [9.17, 15) is 4.79 Å². The zero-order valence-corrected chi connectivity index (χ0v) is 21.0. The minimum absolute atomic E-state index is 0.0709. The maximum Gasteiger partial charge on any atom is 0.253 e. The second kappa shape index (κ2) is 9.63. The quantitative estimate of drug-likeness (QED) is 0.442. The summed E-state index contributed by atoms with van der Waals surface area (Å²) in [6, 6.07) is 10.2. The largest absolute Gasteiger partial charge is 0.468 e. The van der Waals surface area contributed by atoms with Crippen molar-refractivity contribution in [1.82, 2.24) is 35.0 Å². The monoisotopic (exact) mass is 487 g/mol. The van der Waals surface area contributed by atoms with Crippen molar-refractivity contribution in [2.75, 3.05) is 26.2 Å². The highest BCUT2D eigenvalue weighted by Gasteiger charge is 2.34. The summed E-state index contributed by atoms with van der Waals surface area (Å²) in [6.45, 7) is 8.31. The van der Waals surface area contributed by atoms with Crippen LogP contribution in [-0.4, -0.2) is 61.2 Å². The van der Waals surface area contributed by atoms with Crippen molar-refractivity contribution in [2.45, 2.75) is 58.2 Å². The summed E-state index contributed by atoms with van der Waals surface area (Å²) in [5.74, 6) is 1.75. The number of nitrogens with zero attached hydrogens (tertiary/aromatic N) is 6. The molecule has 36 heavy (non-hydrogen) atoms. The Morgan fingerprint density at radius 2 is 1.92 bits per heavy atom. The predicted molar refractivity (Wildman–Crippen MR) is 137 cm³/mol. The van der Waals surface area contributed by atoms with Crippen LogP contribution in [0.1, 0.15) is 66.0 Å². The molecule has 0 amide bonds. The van der Waals surface area contributed by atoms with Crippen molar-refractivity contribution >= 4 is 10.9 Å². The molecule has 2 fully saturated rings. The standard InChI is InChI=1S/C27H33N7O2/c1-18-14-19(2)24-20(15-18)16-23(27(35)28-24)25(26-29-30-31-34(26)21-6-3-4-7-21)33-11-9-32(10-12-33)17-22-8-5-13-36-22/h5,8,13-16,21,25H,3-4,6-7,9-12,17H2,1-2H3,(H,28,35). The first-order chi connectivity index (χ1) is 17.6. The number of aryl methyl sites for hydroxylation is 2. The molecule has 3 aromatic heterocycles. The SMILES string of the molecule is Cc1cc(C)c2[nH]c(=O)c(C(c3nnnn3C3CCCC3)N3CCN(Cc4ccco4)CC3)cc2c1. The number of aromatic nitrogens is 5. The molecular weight excluding hydrogens is 454 g/mol. The van der Waals surface area contributed by atoms with Gasteiger partial charge in [-0.15, -0.1) is 5.10 Å². The molecule has 188 valence electrons. The van der Waals surface area contributed by atoms with Crippen molar-refractivity contribution in [3.05, 3.63) is 75.2 Å². The fraction of sp³-hybridized carbons (Fsp3) is 0.481. The number of hydrogen-bond donors (Lipinski definition) is 1. The third-order valence-corrected chi connectivity index (χ3v) is 7.78. The summed E-state index contributed by atoms with van der Waals surface area (Å²) in [7, 11) is 0. The molecule has 1 atom stereocenters. The first-order valence-electron chi connectivity index (χ1n) is 13.0. The van der Waals surface area contributed by atoms with E-state index in [0.717, 1.165) is 73.6 Å². The third-order valence-electron chi connectivity index (χ3n) is 7.78. The fourth-order valence-electron chi connectivity index (χ4n) is 6.00. The van der Waals surface area contributed by atoms with Crippen molar-refractivity contribution in [3.8, 4) is 0 Å². The molecule has 2 aliphatic rings. The molecule has 1 aromatic carbocycles. The first-order valence-corrected chi connectivity index (χ1v) is 13.0. The average Bonchev–Trinajstić information content (AvgIpc) is 3.64. The molecule has 1 aliphatic carbocycles. The Hall–Kier alpha value is -3.30. The molecular formula is C27H33N7O2. The summed E-state index contributed by atoms with van der Waals surface area (Å²) in [6.07, 6.45) is 6.26. The highest BCUT2D eigenvalue weighted by Crippen LogP contribution is 2.34. The molecule has 0 radical (unpaired) electrons. The summed E-state index contributed by atoms with van der Waals surface area (Å²) < 4.78 is 7.55. The zero-order chi connectivity index (χ0) is 24.6. The van der Waals surface area contributed by atoms with Gasteiger partial charge in [0.15, 0.2) is 5.82 Å². The summed E-state index contributed by atoms with van der Waals surface area (Å²) in [5.41, 5.74) is 3.79. The Kier molecular flexibility index (Phi) is 6.18. The summed E-state index contributed by atoms with van der Waals surface area (Å²) in [5, 5.41) is 14.1. The van der Waals surface area contributed by atoms with Crippen LogP contribution in [0.15, 0.2) is 45.8 Å². The van der Waals surface area contributed by atoms with E-state index >= 15 is 0 Å². The van der Waals surface area contributed by atoms with Gasteiger partial charge in [0, 0.05) is 31.7 Å². The number of rotatable bonds is 6.